The summed E-state index contributed by atoms with van der Waals surface area (Å²) < 4.78 is 0. The van der Waals surface area contributed by atoms with E-state index in [1.807, 2.05) is 20.0 Å². The second-order valence-corrected chi connectivity index (χ2v) is 5.32. The monoisotopic (exact) mass is 249 g/mol. The van der Waals surface area contributed by atoms with Gasteiger partial charge < -0.3 is 15.1 Å². The fourth-order valence-electron chi connectivity index (χ4n) is 2.65. The van der Waals surface area contributed by atoms with Crippen molar-refractivity contribution in [1.82, 2.24) is 14.9 Å². The molecular formula is C13H23N5. The normalized spacial score (nSPS) is 23.8. The van der Waals surface area contributed by atoms with Crippen LogP contribution in [0.2, 0.25) is 0 Å². The molecule has 1 aromatic heterocycles. The summed E-state index contributed by atoms with van der Waals surface area (Å²) in [5.41, 5.74) is 0. The number of aryl methyl sites for hydroxylation is 1. The third-order valence-electron chi connectivity index (χ3n) is 3.64. The molecular weight excluding hydrogens is 226 g/mol. The van der Waals surface area contributed by atoms with Crippen molar-refractivity contribution >= 4 is 11.6 Å². The summed E-state index contributed by atoms with van der Waals surface area (Å²) in [6.07, 6.45) is 0. The molecule has 1 aliphatic rings. The van der Waals surface area contributed by atoms with Crippen LogP contribution in [-0.4, -0.2) is 55.1 Å². The molecule has 1 saturated heterocycles. The Balaban J connectivity index is 2.20. The van der Waals surface area contributed by atoms with Crippen molar-refractivity contribution in [3.8, 4) is 0 Å². The molecule has 0 radical (unpaired) electrons. The van der Waals surface area contributed by atoms with E-state index in [-0.39, 0.29) is 0 Å². The van der Waals surface area contributed by atoms with Crippen molar-refractivity contribution in [3.05, 3.63) is 11.9 Å². The van der Waals surface area contributed by atoms with E-state index in [1.54, 1.807) is 0 Å². The average molecular weight is 249 g/mol. The molecule has 2 rings (SSSR count). The highest BCUT2D eigenvalue weighted by Gasteiger charge is 2.31. The lowest BCUT2D eigenvalue weighted by atomic mass is 10.1. The molecule has 2 atom stereocenters. The predicted molar refractivity (Wildman–Crippen MR) is 75.2 cm³/mol. The fourth-order valence-corrected chi connectivity index (χ4v) is 2.65. The van der Waals surface area contributed by atoms with Gasteiger partial charge in [0, 0.05) is 32.2 Å². The van der Waals surface area contributed by atoms with Crippen molar-refractivity contribution in [3.63, 3.8) is 0 Å². The van der Waals surface area contributed by atoms with Gasteiger partial charge in [0.05, 0.1) is 0 Å². The van der Waals surface area contributed by atoms with Crippen LogP contribution in [0, 0.1) is 12.8 Å². The van der Waals surface area contributed by atoms with Gasteiger partial charge in [0.2, 0.25) is 0 Å². The number of nitrogens with one attached hydrogen (secondary N) is 1. The molecule has 1 aliphatic heterocycles. The molecule has 1 fully saturated rings. The molecule has 0 saturated carbocycles. The van der Waals surface area contributed by atoms with E-state index < -0.39 is 0 Å². The highest BCUT2D eigenvalue weighted by Crippen LogP contribution is 2.25. The molecule has 1 aromatic rings. The molecule has 1 N–H and O–H groups in total. The first kappa shape index (κ1) is 13.1. The lowest BCUT2D eigenvalue weighted by Gasteiger charge is -2.22. The molecule has 5 nitrogen and oxygen atoms in total. The van der Waals surface area contributed by atoms with E-state index >= 15 is 0 Å². The zero-order valence-electron chi connectivity index (χ0n) is 11.9. The molecule has 100 valence electrons. The first-order valence-electron chi connectivity index (χ1n) is 6.46. The summed E-state index contributed by atoms with van der Waals surface area (Å²) in [6.45, 7) is 6.33. The van der Waals surface area contributed by atoms with Crippen LogP contribution >= 0.6 is 0 Å². The first-order chi connectivity index (χ1) is 8.51. The number of hydrogen-bond donors (Lipinski definition) is 1. The van der Waals surface area contributed by atoms with Gasteiger partial charge in [-0.1, -0.05) is 6.92 Å². The van der Waals surface area contributed by atoms with Gasteiger partial charge in [-0.15, -0.1) is 0 Å². The largest absolute Gasteiger partial charge is 0.373 e. The van der Waals surface area contributed by atoms with Gasteiger partial charge >= 0.3 is 0 Å². The van der Waals surface area contributed by atoms with E-state index in [0.717, 1.165) is 30.5 Å². The fraction of sp³-hybridized carbons (Fsp3) is 0.692. The van der Waals surface area contributed by atoms with Gasteiger partial charge in [0.25, 0.3) is 0 Å². The number of likely N-dealkylation sites (N-methyl/N-ethyl adjacent to an activating group) is 1. The summed E-state index contributed by atoms with van der Waals surface area (Å²) in [5.74, 6) is 3.40. The maximum Gasteiger partial charge on any atom is 0.134 e. The van der Waals surface area contributed by atoms with E-state index in [1.165, 1.54) is 0 Å². The Bertz CT molecular complexity index is 418. The van der Waals surface area contributed by atoms with E-state index in [0.29, 0.717) is 12.0 Å². The van der Waals surface area contributed by atoms with Crippen molar-refractivity contribution < 1.29 is 0 Å². The minimum absolute atomic E-state index is 0.596. The van der Waals surface area contributed by atoms with Crippen LogP contribution in [-0.2, 0) is 0 Å². The second kappa shape index (κ2) is 5.10. The lowest BCUT2D eigenvalue weighted by Crippen LogP contribution is -2.34. The van der Waals surface area contributed by atoms with Gasteiger partial charge in [-0.2, -0.15) is 0 Å². The Hall–Kier alpha value is -1.36. The van der Waals surface area contributed by atoms with E-state index in [9.17, 15) is 0 Å². The molecule has 0 bridgehead atoms. The highest BCUT2D eigenvalue weighted by molar-refractivity contribution is 5.50. The Kier molecular flexibility index (Phi) is 3.71. The SMILES string of the molecule is CNc1cc(N2CC(C)C(N(C)C)C2)nc(C)n1. The van der Waals surface area contributed by atoms with Gasteiger partial charge in [-0.25, -0.2) is 9.97 Å². The lowest BCUT2D eigenvalue weighted by molar-refractivity contribution is 0.266. The molecule has 2 heterocycles. The summed E-state index contributed by atoms with van der Waals surface area (Å²) >= 11 is 0. The highest BCUT2D eigenvalue weighted by atomic mass is 15.3. The molecule has 0 spiro atoms. The van der Waals surface area contributed by atoms with Crippen molar-refractivity contribution in [2.24, 2.45) is 5.92 Å². The van der Waals surface area contributed by atoms with Crippen LogP contribution in [0.4, 0.5) is 11.6 Å². The third kappa shape index (κ3) is 2.56. The number of hydrogen-bond acceptors (Lipinski definition) is 5. The van der Waals surface area contributed by atoms with Gasteiger partial charge in [0.15, 0.2) is 0 Å². The average Bonchev–Trinajstić information content (AvgIpc) is 2.70. The van der Waals surface area contributed by atoms with Crippen LogP contribution in [0.25, 0.3) is 0 Å². The number of aromatic nitrogens is 2. The Labute approximate surface area is 109 Å². The topological polar surface area (TPSA) is 44.3 Å². The number of nitrogens with zero attached hydrogens (tertiary/aromatic N) is 4. The molecule has 0 amide bonds. The maximum absolute atomic E-state index is 4.55. The zero-order valence-corrected chi connectivity index (χ0v) is 11.9. The van der Waals surface area contributed by atoms with Crippen LogP contribution in [0.3, 0.4) is 0 Å². The van der Waals surface area contributed by atoms with Gasteiger partial charge in [0.1, 0.15) is 17.5 Å². The van der Waals surface area contributed by atoms with Crippen molar-refractivity contribution in [2.75, 3.05) is 44.4 Å². The Morgan fingerprint density at radius 2 is 2.06 bits per heavy atom. The predicted octanol–water partition coefficient (Wildman–Crippen LogP) is 1.21. The molecule has 5 heteroatoms. The summed E-state index contributed by atoms with van der Waals surface area (Å²) in [4.78, 5) is 13.5. The Morgan fingerprint density at radius 3 is 2.61 bits per heavy atom. The minimum Gasteiger partial charge on any atom is -0.373 e. The molecule has 2 unspecified atom stereocenters. The summed E-state index contributed by atoms with van der Waals surface area (Å²) in [5, 5.41) is 3.09. The first-order valence-corrected chi connectivity index (χ1v) is 6.46. The van der Waals surface area contributed by atoms with Crippen LogP contribution < -0.4 is 10.2 Å². The zero-order chi connectivity index (χ0) is 13.3. The molecule has 0 aromatic carbocycles. The quantitative estimate of drug-likeness (QED) is 0.872. The number of anilines is 2. The van der Waals surface area contributed by atoms with Crippen LogP contribution in [0.1, 0.15) is 12.7 Å². The van der Waals surface area contributed by atoms with Crippen LogP contribution in [0.5, 0.6) is 0 Å². The summed E-state index contributed by atoms with van der Waals surface area (Å²) in [7, 11) is 6.19. The van der Waals surface area contributed by atoms with Crippen molar-refractivity contribution in [2.45, 2.75) is 19.9 Å². The van der Waals surface area contributed by atoms with E-state index in [2.05, 4.69) is 46.1 Å². The smallest absolute Gasteiger partial charge is 0.134 e. The molecule has 18 heavy (non-hydrogen) atoms. The van der Waals surface area contributed by atoms with Crippen molar-refractivity contribution in [1.29, 1.82) is 0 Å². The third-order valence-corrected chi connectivity index (χ3v) is 3.64. The van der Waals surface area contributed by atoms with Crippen LogP contribution in [0.15, 0.2) is 6.07 Å². The van der Waals surface area contributed by atoms with Gasteiger partial charge in [-0.05, 0) is 26.9 Å². The second-order valence-electron chi connectivity index (χ2n) is 5.32. The summed E-state index contributed by atoms with van der Waals surface area (Å²) in [6, 6.07) is 2.62. The van der Waals surface area contributed by atoms with E-state index in [4.69, 9.17) is 0 Å². The number of rotatable bonds is 3. The standard InChI is InChI=1S/C13H23N5/c1-9-7-18(8-11(9)17(4)5)13-6-12(14-3)15-10(2)16-13/h6,9,11H,7-8H2,1-5H3,(H,14,15,16). The maximum atomic E-state index is 4.55. The Morgan fingerprint density at radius 1 is 1.33 bits per heavy atom. The molecule has 0 aliphatic carbocycles. The van der Waals surface area contributed by atoms with Gasteiger partial charge in [-0.3, -0.25) is 0 Å². The minimum atomic E-state index is 0.596.